The molecule has 1 aliphatic rings. The van der Waals surface area contributed by atoms with E-state index in [0.29, 0.717) is 18.3 Å². The molecule has 1 aliphatic heterocycles. The van der Waals surface area contributed by atoms with Gasteiger partial charge in [0.05, 0.1) is 6.54 Å². The third-order valence-corrected chi connectivity index (χ3v) is 5.03. The van der Waals surface area contributed by atoms with E-state index in [0.717, 1.165) is 38.3 Å². The summed E-state index contributed by atoms with van der Waals surface area (Å²) in [6.45, 7) is 7.90. The van der Waals surface area contributed by atoms with E-state index in [1.807, 2.05) is 18.2 Å². The second-order valence-electron chi connectivity index (χ2n) is 7.26. The van der Waals surface area contributed by atoms with E-state index in [9.17, 15) is 0 Å². The molecule has 0 bridgehead atoms. The van der Waals surface area contributed by atoms with Crippen molar-refractivity contribution in [3.05, 3.63) is 77.7 Å². The van der Waals surface area contributed by atoms with Gasteiger partial charge in [0.15, 0.2) is 0 Å². The number of piperazine rings is 1. The Morgan fingerprint density at radius 1 is 0.929 bits per heavy atom. The molecule has 0 unspecified atom stereocenters. The molecule has 0 N–H and O–H groups in total. The molecule has 1 fully saturated rings. The maximum atomic E-state index is 5.88. The fourth-order valence-corrected chi connectivity index (χ4v) is 3.44. The van der Waals surface area contributed by atoms with Gasteiger partial charge in [-0.05, 0) is 24.6 Å². The van der Waals surface area contributed by atoms with Crippen molar-refractivity contribution in [2.45, 2.75) is 13.5 Å². The largest absolute Gasteiger partial charge is 0.419 e. The molecule has 2 aromatic carbocycles. The monoisotopic (exact) mass is 374 g/mol. The molecule has 4 rings (SSSR count). The molecule has 1 saturated heterocycles. The van der Waals surface area contributed by atoms with Crippen molar-refractivity contribution in [1.82, 2.24) is 20.0 Å². The lowest BCUT2D eigenvalue weighted by atomic mass is 10.1. The fraction of sp³-hybridized carbons (Fsp3) is 0.304. The van der Waals surface area contributed by atoms with Gasteiger partial charge in [0.1, 0.15) is 0 Å². The normalized spacial score (nSPS) is 16.0. The van der Waals surface area contributed by atoms with E-state index in [1.54, 1.807) is 0 Å². The van der Waals surface area contributed by atoms with Crippen LogP contribution in [0.5, 0.6) is 0 Å². The lowest BCUT2D eigenvalue weighted by Crippen LogP contribution is -2.45. The maximum Gasteiger partial charge on any atom is 0.247 e. The number of hydrogen-bond acceptors (Lipinski definition) is 5. The van der Waals surface area contributed by atoms with Gasteiger partial charge < -0.3 is 4.42 Å². The number of benzene rings is 2. The van der Waals surface area contributed by atoms with Crippen molar-refractivity contribution in [2.24, 2.45) is 0 Å². The minimum absolute atomic E-state index is 0.600. The van der Waals surface area contributed by atoms with Crippen LogP contribution in [0.2, 0.25) is 0 Å². The molecule has 144 valence electrons. The van der Waals surface area contributed by atoms with E-state index in [-0.39, 0.29) is 0 Å². The number of nitrogens with zero attached hydrogens (tertiary/aromatic N) is 4. The zero-order chi connectivity index (χ0) is 19.2. The first-order chi connectivity index (χ1) is 13.8. The van der Waals surface area contributed by atoms with E-state index >= 15 is 0 Å². The summed E-state index contributed by atoms with van der Waals surface area (Å²) in [5.41, 5.74) is 3.42. The van der Waals surface area contributed by atoms with Gasteiger partial charge in [0.25, 0.3) is 0 Å². The van der Waals surface area contributed by atoms with Gasteiger partial charge in [-0.25, -0.2) is 0 Å². The van der Waals surface area contributed by atoms with Crippen LogP contribution in [-0.4, -0.2) is 52.7 Å². The zero-order valence-electron chi connectivity index (χ0n) is 16.3. The van der Waals surface area contributed by atoms with Crippen molar-refractivity contribution in [3.8, 4) is 11.5 Å². The molecule has 2 heterocycles. The highest BCUT2D eigenvalue weighted by Gasteiger charge is 2.18. The smallest absolute Gasteiger partial charge is 0.247 e. The van der Waals surface area contributed by atoms with Crippen molar-refractivity contribution in [2.75, 3.05) is 32.7 Å². The third-order valence-electron chi connectivity index (χ3n) is 5.03. The molecule has 5 nitrogen and oxygen atoms in total. The predicted molar refractivity (Wildman–Crippen MR) is 112 cm³/mol. The molecule has 0 spiro atoms. The van der Waals surface area contributed by atoms with E-state index < -0.39 is 0 Å². The second-order valence-corrected chi connectivity index (χ2v) is 7.26. The van der Waals surface area contributed by atoms with Crippen LogP contribution in [0.1, 0.15) is 17.0 Å². The Labute approximate surface area is 166 Å². The third kappa shape index (κ3) is 4.94. The molecular weight excluding hydrogens is 348 g/mol. The molecule has 0 atom stereocenters. The molecule has 0 saturated carbocycles. The molecule has 1 aromatic heterocycles. The van der Waals surface area contributed by atoms with Crippen LogP contribution < -0.4 is 0 Å². The molecular formula is C23H26N4O. The van der Waals surface area contributed by atoms with Crippen LogP contribution in [0.15, 0.2) is 65.1 Å². The Balaban J connectivity index is 1.25. The number of rotatable bonds is 6. The van der Waals surface area contributed by atoms with Gasteiger partial charge in [-0.15, -0.1) is 10.2 Å². The van der Waals surface area contributed by atoms with E-state index in [1.165, 1.54) is 11.1 Å². The van der Waals surface area contributed by atoms with Gasteiger partial charge in [0, 0.05) is 38.3 Å². The Kier molecular flexibility index (Phi) is 5.95. The zero-order valence-corrected chi connectivity index (χ0v) is 16.3. The summed E-state index contributed by atoms with van der Waals surface area (Å²) in [6.07, 6.45) is 4.44. The highest BCUT2D eigenvalue weighted by atomic mass is 16.4. The van der Waals surface area contributed by atoms with Crippen LogP contribution in [-0.2, 0) is 6.54 Å². The quantitative estimate of drug-likeness (QED) is 0.655. The molecule has 0 amide bonds. The van der Waals surface area contributed by atoms with E-state index in [4.69, 9.17) is 4.42 Å². The Morgan fingerprint density at radius 3 is 2.50 bits per heavy atom. The molecule has 0 aliphatic carbocycles. The van der Waals surface area contributed by atoms with Gasteiger partial charge >= 0.3 is 0 Å². The summed E-state index contributed by atoms with van der Waals surface area (Å²) in [4.78, 5) is 4.85. The SMILES string of the molecule is Cc1cccc(-c2nnc(CN3CCN(C/C=C/c4ccccc4)CC3)o2)c1. The van der Waals surface area contributed by atoms with Gasteiger partial charge in [-0.1, -0.05) is 60.2 Å². The fourth-order valence-electron chi connectivity index (χ4n) is 3.44. The number of aromatic nitrogens is 2. The Bertz CT molecular complexity index is 911. The summed E-state index contributed by atoms with van der Waals surface area (Å²) in [6, 6.07) is 18.6. The lowest BCUT2D eigenvalue weighted by molar-refractivity contribution is 0.128. The van der Waals surface area contributed by atoms with Gasteiger partial charge in [0.2, 0.25) is 11.8 Å². The maximum absolute atomic E-state index is 5.88. The highest BCUT2D eigenvalue weighted by Crippen LogP contribution is 2.19. The minimum atomic E-state index is 0.600. The van der Waals surface area contributed by atoms with Crippen molar-refractivity contribution in [1.29, 1.82) is 0 Å². The van der Waals surface area contributed by atoms with Crippen molar-refractivity contribution in [3.63, 3.8) is 0 Å². The number of hydrogen-bond donors (Lipinski definition) is 0. The van der Waals surface area contributed by atoms with Crippen LogP contribution in [0.25, 0.3) is 17.5 Å². The first-order valence-electron chi connectivity index (χ1n) is 9.82. The lowest BCUT2D eigenvalue weighted by Gasteiger charge is -2.33. The second kappa shape index (κ2) is 8.95. The average Bonchev–Trinajstić information content (AvgIpc) is 3.19. The van der Waals surface area contributed by atoms with Crippen molar-refractivity contribution < 1.29 is 4.42 Å². The molecule has 5 heteroatoms. The standard InChI is InChI=1S/C23H26N4O/c1-19-7-5-11-21(17-19)23-25-24-22(28-23)18-27-15-13-26(14-16-27)12-6-10-20-8-3-2-4-9-20/h2-11,17H,12-16,18H2,1H3/b10-6+. The summed E-state index contributed by atoms with van der Waals surface area (Å²) < 4.78 is 5.88. The average molecular weight is 374 g/mol. The molecule has 28 heavy (non-hydrogen) atoms. The summed E-state index contributed by atoms with van der Waals surface area (Å²) in [5, 5.41) is 8.45. The predicted octanol–water partition coefficient (Wildman–Crippen LogP) is 3.88. The van der Waals surface area contributed by atoms with Crippen molar-refractivity contribution >= 4 is 6.08 Å². The Hall–Kier alpha value is -2.76. The van der Waals surface area contributed by atoms with Crippen LogP contribution >= 0.6 is 0 Å². The molecule has 0 radical (unpaired) electrons. The first kappa shape index (κ1) is 18.6. The first-order valence-corrected chi connectivity index (χ1v) is 9.82. The Morgan fingerprint density at radius 2 is 1.71 bits per heavy atom. The summed E-state index contributed by atoms with van der Waals surface area (Å²) in [7, 11) is 0. The van der Waals surface area contributed by atoms with Crippen LogP contribution in [0, 0.1) is 6.92 Å². The topological polar surface area (TPSA) is 45.4 Å². The minimum Gasteiger partial charge on any atom is -0.419 e. The van der Waals surface area contributed by atoms with E-state index in [2.05, 4.69) is 75.5 Å². The van der Waals surface area contributed by atoms with Gasteiger partial charge in [-0.2, -0.15) is 0 Å². The summed E-state index contributed by atoms with van der Waals surface area (Å²) in [5.74, 6) is 1.29. The van der Waals surface area contributed by atoms with Crippen LogP contribution in [0.4, 0.5) is 0 Å². The number of aryl methyl sites for hydroxylation is 1. The summed E-state index contributed by atoms with van der Waals surface area (Å²) >= 11 is 0. The molecule has 3 aromatic rings. The van der Waals surface area contributed by atoms with Crippen LogP contribution in [0.3, 0.4) is 0 Å². The van der Waals surface area contributed by atoms with Gasteiger partial charge in [-0.3, -0.25) is 9.80 Å². The highest BCUT2D eigenvalue weighted by molar-refractivity contribution is 5.53.